The highest BCUT2D eigenvalue weighted by Crippen LogP contribution is 2.24. The van der Waals surface area contributed by atoms with E-state index in [4.69, 9.17) is 0 Å². The molecule has 0 atom stereocenters. The lowest BCUT2D eigenvalue weighted by molar-refractivity contribution is 0.785. The van der Waals surface area contributed by atoms with E-state index >= 15 is 0 Å². The molecule has 0 saturated carbocycles. The Labute approximate surface area is 180 Å². The van der Waals surface area contributed by atoms with E-state index in [2.05, 4.69) is 64.1 Å². The Morgan fingerprint density at radius 3 is 2.31 bits per heavy atom. The van der Waals surface area contributed by atoms with Crippen molar-refractivity contribution in [3.05, 3.63) is 83.0 Å². The topological polar surface area (TPSA) is 12.4 Å². The summed E-state index contributed by atoms with van der Waals surface area (Å²) in [5, 5.41) is 0. The number of benzene rings is 1. The fraction of sp³-hybridized carbons (Fsp3) is 0.464. The molecule has 0 saturated heterocycles. The van der Waals surface area contributed by atoms with Crippen LogP contribution in [0.5, 0.6) is 0 Å². The summed E-state index contributed by atoms with van der Waals surface area (Å²) in [5.41, 5.74) is 9.99. The van der Waals surface area contributed by atoms with E-state index in [1.165, 1.54) is 47.1 Å². The second kappa shape index (κ2) is 13.9. The summed E-state index contributed by atoms with van der Waals surface area (Å²) in [6.45, 7) is 16.7. The number of aryl methyl sites for hydroxylation is 3. The molecule has 1 rings (SSSR count). The minimum absolute atomic E-state index is 0.913. The molecule has 158 valence electrons. The van der Waals surface area contributed by atoms with Gasteiger partial charge in [-0.1, -0.05) is 61.4 Å². The fourth-order valence-electron chi connectivity index (χ4n) is 3.83. The van der Waals surface area contributed by atoms with Crippen LogP contribution in [0.2, 0.25) is 0 Å². The second-order valence-electron chi connectivity index (χ2n) is 8.01. The standard InChI is InChI=1S/C28H41N/c1-8-11-14-22(4)26(21-27(29-7)15-12-9-2)18-17-25-19-23(5)28(16-13-10-3)24(6)20-25/h8-9,12,15,19-20H,1-2,10-11,13-14,16-18,21H2,3-7H3/b15-12-,26-22-,29-27?. The molecular formula is C28H41N. The van der Waals surface area contributed by atoms with Gasteiger partial charge in [0.15, 0.2) is 0 Å². The molecule has 0 radical (unpaired) electrons. The largest absolute Gasteiger partial charge is 0.293 e. The quantitative estimate of drug-likeness (QED) is 0.183. The SMILES string of the molecule is C=C/C=C\C(C/C(CCc1cc(C)c(CCCC)c(C)c1)=C(/C)CCC=C)=NC. The van der Waals surface area contributed by atoms with Gasteiger partial charge in [0.05, 0.1) is 0 Å². The van der Waals surface area contributed by atoms with Crippen LogP contribution in [0.3, 0.4) is 0 Å². The van der Waals surface area contributed by atoms with Crippen molar-refractivity contribution >= 4 is 5.71 Å². The summed E-state index contributed by atoms with van der Waals surface area (Å²) in [6.07, 6.45) is 16.8. The maximum atomic E-state index is 4.48. The zero-order valence-corrected chi connectivity index (χ0v) is 19.5. The minimum Gasteiger partial charge on any atom is -0.293 e. The van der Waals surface area contributed by atoms with Gasteiger partial charge in [0.25, 0.3) is 0 Å². The molecule has 0 fully saturated rings. The van der Waals surface area contributed by atoms with Gasteiger partial charge in [-0.15, -0.1) is 6.58 Å². The Bertz CT molecular complexity index is 736. The number of hydrogen-bond acceptors (Lipinski definition) is 1. The van der Waals surface area contributed by atoms with Crippen molar-refractivity contribution in [2.75, 3.05) is 7.05 Å². The normalized spacial score (nSPS) is 12.9. The van der Waals surface area contributed by atoms with Gasteiger partial charge in [0, 0.05) is 19.2 Å². The first-order valence-corrected chi connectivity index (χ1v) is 11.1. The van der Waals surface area contributed by atoms with E-state index in [1.54, 1.807) is 5.56 Å². The lowest BCUT2D eigenvalue weighted by Gasteiger charge is -2.15. The lowest BCUT2D eigenvalue weighted by Crippen LogP contribution is -2.03. The molecule has 0 aliphatic rings. The van der Waals surface area contributed by atoms with Crippen LogP contribution in [0.25, 0.3) is 0 Å². The summed E-state index contributed by atoms with van der Waals surface area (Å²) in [4.78, 5) is 4.48. The van der Waals surface area contributed by atoms with Gasteiger partial charge in [0.2, 0.25) is 0 Å². The molecule has 29 heavy (non-hydrogen) atoms. The summed E-state index contributed by atoms with van der Waals surface area (Å²) in [6, 6.07) is 4.81. The van der Waals surface area contributed by atoms with Gasteiger partial charge in [-0.2, -0.15) is 0 Å². The van der Waals surface area contributed by atoms with Crippen molar-refractivity contribution in [3.8, 4) is 0 Å². The molecule has 0 amide bonds. The van der Waals surface area contributed by atoms with Crippen LogP contribution in [0.4, 0.5) is 0 Å². The van der Waals surface area contributed by atoms with Crippen LogP contribution in [0, 0.1) is 13.8 Å². The number of unbranched alkanes of at least 4 members (excludes halogenated alkanes) is 1. The Balaban J connectivity index is 3.01. The zero-order valence-electron chi connectivity index (χ0n) is 19.5. The predicted molar refractivity (Wildman–Crippen MR) is 132 cm³/mol. The molecule has 0 unspecified atom stereocenters. The van der Waals surface area contributed by atoms with E-state index in [0.29, 0.717) is 0 Å². The first kappa shape index (κ1) is 24.9. The molecule has 0 aliphatic heterocycles. The van der Waals surface area contributed by atoms with Crippen molar-refractivity contribution < 1.29 is 0 Å². The molecule has 0 aliphatic carbocycles. The van der Waals surface area contributed by atoms with Gasteiger partial charge in [0.1, 0.15) is 0 Å². The highest BCUT2D eigenvalue weighted by atomic mass is 14.7. The van der Waals surface area contributed by atoms with Gasteiger partial charge in [-0.3, -0.25) is 4.99 Å². The van der Waals surface area contributed by atoms with Crippen LogP contribution >= 0.6 is 0 Å². The molecule has 1 aromatic rings. The Morgan fingerprint density at radius 2 is 1.76 bits per heavy atom. The fourth-order valence-corrected chi connectivity index (χ4v) is 3.83. The Morgan fingerprint density at radius 1 is 1.07 bits per heavy atom. The number of allylic oxidation sites excluding steroid dienone is 6. The average Bonchev–Trinajstić information content (AvgIpc) is 2.71. The first-order chi connectivity index (χ1) is 14.0. The number of rotatable bonds is 13. The highest BCUT2D eigenvalue weighted by molar-refractivity contribution is 5.96. The number of hydrogen-bond donors (Lipinski definition) is 0. The second-order valence-corrected chi connectivity index (χ2v) is 8.01. The third-order valence-electron chi connectivity index (χ3n) is 5.69. The van der Waals surface area contributed by atoms with E-state index in [0.717, 1.165) is 37.8 Å². The smallest absolute Gasteiger partial charge is 0.0385 e. The monoisotopic (exact) mass is 391 g/mol. The van der Waals surface area contributed by atoms with Crippen molar-refractivity contribution in [1.29, 1.82) is 0 Å². The van der Waals surface area contributed by atoms with E-state index in [9.17, 15) is 0 Å². The van der Waals surface area contributed by atoms with Gasteiger partial charge < -0.3 is 0 Å². The summed E-state index contributed by atoms with van der Waals surface area (Å²) in [7, 11) is 1.88. The van der Waals surface area contributed by atoms with Crippen LogP contribution in [0.15, 0.2) is 65.7 Å². The first-order valence-electron chi connectivity index (χ1n) is 11.1. The summed E-state index contributed by atoms with van der Waals surface area (Å²) in [5.74, 6) is 0. The zero-order chi connectivity index (χ0) is 21.6. The highest BCUT2D eigenvalue weighted by Gasteiger charge is 2.09. The molecule has 1 nitrogen and oxygen atoms in total. The molecular weight excluding hydrogens is 350 g/mol. The molecule has 0 N–H and O–H groups in total. The van der Waals surface area contributed by atoms with Crippen LogP contribution in [-0.4, -0.2) is 12.8 Å². The molecule has 0 heterocycles. The predicted octanol–water partition coefficient (Wildman–Crippen LogP) is 8.06. The molecule has 0 spiro atoms. The van der Waals surface area contributed by atoms with Crippen molar-refractivity contribution in [2.24, 2.45) is 4.99 Å². The molecule has 0 aromatic heterocycles. The Hall–Kier alpha value is -2.15. The van der Waals surface area contributed by atoms with Crippen LogP contribution in [-0.2, 0) is 12.8 Å². The van der Waals surface area contributed by atoms with Crippen LogP contribution < -0.4 is 0 Å². The van der Waals surface area contributed by atoms with Crippen LogP contribution in [0.1, 0.15) is 74.6 Å². The van der Waals surface area contributed by atoms with E-state index < -0.39 is 0 Å². The van der Waals surface area contributed by atoms with E-state index in [1.807, 2.05) is 25.3 Å². The van der Waals surface area contributed by atoms with Crippen molar-refractivity contribution in [1.82, 2.24) is 0 Å². The Kier molecular flexibility index (Phi) is 12.0. The number of nitrogens with zero attached hydrogens (tertiary/aromatic N) is 1. The van der Waals surface area contributed by atoms with Crippen molar-refractivity contribution in [2.45, 2.75) is 79.1 Å². The average molecular weight is 392 g/mol. The summed E-state index contributed by atoms with van der Waals surface area (Å²) >= 11 is 0. The number of aliphatic imine (C=N–C) groups is 1. The third-order valence-corrected chi connectivity index (χ3v) is 5.69. The molecule has 0 bridgehead atoms. The van der Waals surface area contributed by atoms with E-state index in [-0.39, 0.29) is 0 Å². The summed E-state index contributed by atoms with van der Waals surface area (Å²) < 4.78 is 0. The van der Waals surface area contributed by atoms with Gasteiger partial charge in [-0.05, 0) is 87.6 Å². The third kappa shape index (κ3) is 8.81. The maximum absolute atomic E-state index is 4.48. The maximum Gasteiger partial charge on any atom is 0.0385 e. The lowest BCUT2D eigenvalue weighted by atomic mass is 9.90. The molecule has 1 heteroatoms. The van der Waals surface area contributed by atoms with Gasteiger partial charge in [-0.25, -0.2) is 0 Å². The molecule has 1 aromatic carbocycles. The van der Waals surface area contributed by atoms with Crippen molar-refractivity contribution in [3.63, 3.8) is 0 Å². The van der Waals surface area contributed by atoms with Gasteiger partial charge >= 0.3 is 0 Å². The minimum atomic E-state index is 0.913.